The number of phenolic OH excluding ortho intramolecular Hbond substituents is 5. The maximum Gasteiger partial charge on any atom is 0.339 e. The number of carboxylic acids is 1. The number of carbonyl (C=O) groups excluding carboxylic acids is 1. The van der Waals surface area contributed by atoms with E-state index in [0.717, 1.165) is 29.4 Å². The highest BCUT2D eigenvalue weighted by Gasteiger charge is 2.17. The van der Waals surface area contributed by atoms with Gasteiger partial charge in [-0.2, -0.15) is 0 Å². The molecule has 1 amide bonds. The maximum atomic E-state index is 11.9. The molecule has 0 saturated heterocycles. The van der Waals surface area contributed by atoms with E-state index in [0.29, 0.717) is 5.69 Å². The van der Waals surface area contributed by atoms with Crippen molar-refractivity contribution in [2.75, 3.05) is 11.1 Å². The van der Waals surface area contributed by atoms with E-state index >= 15 is 0 Å². The molecule has 11 nitrogen and oxygen atoms in total. The molecule has 0 spiro atoms. The molecule has 0 radical (unpaired) electrons. The van der Waals surface area contributed by atoms with E-state index in [1.165, 1.54) is 11.6 Å². The van der Waals surface area contributed by atoms with Gasteiger partial charge in [-0.1, -0.05) is 35.4 Å². The number of phenols is 6. The second-order valence-electron chi connectivity index (χ2n) is 8.19. The molecule has 0 atom stereocenters. The first-order valence-electron chi connectivity index (χ1n) is 11.2. The molecule has 11 heteroatoms. The summed E-state index contributed by atoms with van der Waals surface area (Å²) in [6, 6.07) is 19.3. The number of nitrogens with one attached hydrogen (secondary N) is 1. The molecule has 0 aliphatic heterocycles. The van der Waals surface area contributed by atoms with Crippen LogP contribution in [-0.4, -0.2) is 47.6 Å². The van der Waals surface area contributed by atoms with Gasteiger partial charge in [-0.25, -0.2) is 4.79 Å². The topological polar surface area (TPSA) is 214 Å². The Bertz CT molecular complexity index is 1430. The number of amides is 1. The second kappa shape index (κ2) is 13.1. The summed E-state index contributed by atoms with van der Waals surface area (Å²) >= 11 is 0. The van der Waals surface area contributed by atoms with Crippen LogP contribution < -0.4 is 11.1 Å². The number of aromatic hydroxyl groups is 6. The Kier molecular flexibility index (Phi) is 9.96. The van der Waals surface area contributed by atoms with Crippen molar-refractivity contribution in [1.82, 2.24) is 0 Å². The lowest BCUT2D eigenvalue weighted by atomic mass is 10.1. The zero-order chi connectivity index (χ0) is 29.3. The van der Waals surface area contributed by atoms with Crippen LogP contribution >= 0.6 is 0 Å². The Hall–Kier alpha value is -5.58. The third-order valence-electron chi connectivity index (χ3n) is 5.12. The second-order valence-corrected chi connectivity index (χ2v) is 8.19. The molecule has 0 aliphatic carbocycles. The van der Waals surface area contributed by atoms with Crippen molar-refractivity contribution in [2.45, 2.75) is 13.8 Å². The molecule has 0 unspecified atom stereocenters. The van der Waals surface area contributed by atoms with Crippen molar-refractivity contribution >= 4 is 23.3 Å². The van der Waals surface area contributed by atoms with Crippen molar-refractivity contribution in [3.63, 3.8) is 0 Å². The van der Waals surface area contributed by atoms with Crippen molar-refractivity contribution in [3.8, 4) is 34.5 Å². The monoisotopic (exact) mass is 536 g/mol. The van der Waals surface area contributed by atoms with Gasteiger partial charge in [0.1, 0.15) is 5.56 Å². The Morgan fingerprint density at radius 3 is 1.44 bits per heavy atom. The molecule has 0 aliphatic rings. The van der Waals surface area contributed by atoms with Gasteiger partial charge in [0.15, 0.2) is 23.0 Å². The first-order chi connectivity index (χ1) is 18.3. The zero-order valence-electron chi connectivity index (χ0n) is 21.0. The van der Waals surface area contributed by atoms with Crippen molar-refractivity contribution in [1.29, 1.82) is 0 Å². The van der Waals surface area contributed by atoms with Crippen LogP contribution in [0.1, 0.15) is 31.8 Å². The van der Waals surface area contributed by atoms with Gasteiger partial charge < -0.3 is 46.8 Å². The highest BCUT2D eigenvalue weighted by Crippen LogP contribution is 2.37. The van der Waals surface area contributed by atoms with Crippen molar-refractivity contribution in [3.05, 3.63) is 95.1 Å². The van der Waals surface area contributed by atoms with Gasteiger partial charge in [0.2, 0.25) is 11.5 Å². The van der Waals surface area contributed by atoms with E-state index in [4.69, 9.17) is 26.2 Å². The molecule has 204 valence electrons. The third-order valence-corrected chi connectivity index (χ3v) is 5.12. The van der Waals surface area contributed by atoms with Crippen LogP contribution in [0.5, 0.6) is 34.5 Å². The summed E-state index contributed by atoms with van der Waals surface area (Å²) in [7, 11) is 0. The van der Waals surface area contributed by atoms with Gasteiger partial charge >= 0.3 is 5.97 Å². The minimum atomic E-state index is -1.37. The highest BCUT2D eigenvalue weighted by atomic mass is 16.4. The molecule has 39 heavy (non-hydrogen) atoms. The standard InChI is InChI=1S/C14H13NO4.C7H9N.C7H6O5/c1-8-2-4-9(5-3-8)15-14(19)10-6-7-11(16)13(18)12(10)17;1-6-2-4-7(8)5-3-6;8-4-2-1-3(7(11)12)5(9)6(4)10/h2-7,16-18H,1H3,(H,15,19);2-5H,8H2,1H3;1-2,8-10H,(H,11,12). The Labute approximate surface area is 223 Å². The summed E-state index contributed by atoms with van der Waals surface area (Å²) in [6.45, 7) is 3.97. The Morgan fingerprint density at radius 2 is 1.00 bits per heavy atom. The first kappa shape index (κ1) is 29.6. The number of nitrogens with two attached hydrogens (primary N) is 1. The van der Waals surface area contributed by atoms with E-state index in [9.17, 15) is 24.9 Å². The van der Waals surface area contributed by atoms with Crippen LogP contribution in [0, 0.1) is 13.8 Å². The average molecular weight is 537 g/mol. The quantitative estimate of drug-likeness (QED) is 0.132. The smallest absolute Gasteiger partial charge is 0.339 e. The van der Waals surface area contributed by atoms with Crippen molar-refractivity contribution in [2.24, 2.45) is 0 Å². The summed E-state index contributed by atoms with van der Waals surface area (Å²) in [5.74, 6) is -6.00. The van der Waals surface area contributed by atoms with Gasteiger partial charge in [0.25, 0.3) is 5.91 Å². The van der Waals surface area contributed by atoms with Crippen LogP contribution in [0.3, 0.4) is 0 Å². The molecule has 4 aromatic rings. The van der Waals surface area contributed by atoms with Crippen LogP contribution in [0.15, 0.2) is 72.8 Å². The Morgan fingerprint density at radius 1 is 0.590 bits per heavy atom. The lowest BCUT2D eigenvalue weighted by molar-refractivity contribution is 0.0692. The summed E-state index contributed by atoms with van der Waals surface area (Å²) in [4.78, 5) is 22.3. The summed E-state index contributed by atoms with van der Waals surface area (Å²) in [5, 5.41) is 65.8. The molecule has 0 saturated carbocycles. The molecule has 4 rings (SSSR count). The zero-order valence-corrected chi connectivity index (χ0v) is 21.0. The lowest BCUT2D eigenvalue weighted by Crippen LogP contribution is -2.12. The lowest BCUT2D eigenvalue weighted by Gasteiger charge is -2.08. The maximum absolute atomic E-state index is 11.9. The van der Waals surface area contributed by atoms with Crippen molar-refractivity contribution < 1.29 is 45.3 Å². The number of hydrogen-bond acceptors (Lipinski definition) is 9. The minimum absolute atomic E-state index is 0.115. The van der Waals surface area contributed by atoms with E-state index < -0.39 is 51.9 Å². The fourth-order valence-corrected chi connectivity index (χ4v) is 2.90. The molecular formula is C28H28N2O9. The highest BCUT2D eigenvalue weighted by molar-refractivity contribution is 6.06. The number of anilines is 2. The number of carbonyl (C=O) groups is 2. The van der Waals surface area contributed by atoms with E-state index in [2.05, 4.69) is 5.32 Å². The molecule has 0 heterocycles. The van der Waals surface area contributed by atoms with Gasteiger partial charge in [0, 0.05) is 11.4 Å². The van der Waals surface area contributed by atoms with Crippen LogP contribution in [-0.2, 0) is 0 Å². The van der Waals surface area contributed by atoms with Gasteiger partial charge in [0.05, 0.1) is 5.56 Å². The molecule has 0 fully saturated rings. The molecule has 0 aromatic heterocycles. The SMILES string of the molecule is Cc1ccc(N)cc1.Cc1ccc(NC(=O)c2ccc(O)c(O)c2O)cc1.O=C(O)c1ccc(O)c(O)c1O. The van der Waals surface area contributed by atoms with Crippen LogP contribution in [0.2, 0.25) is 0 Å². The number of hydrogen-bond donors (Lipinski definition) is 9. The predicted octanol–water partition coefficient (Wildman–Crippen LogP) is 4.44. The fraction of sp³-hybridized carbons (Fsp3) is 0.0714. The first-order valence-corrected chi connectivity index (χ1v) is 11.2. The molecule has 0 bridgehead atoms. The number of nitrogen functional groups attached to an aromatic ring is 1. The summed E-state index contributed by atoms with van der Waals surface area (Å²) in [6.07, 6.45) is 0. The number of benzene rings is 4. The largest absolute Gasteiger partial charge is 0.504 e. The van der Waals surface area contributed by atoms with Gasteiger partial charge in [-0.3, -0.25) is 4.79 Å². The van der Waals surface area contributed by atoms with Crippen LogP contribution in [0.4, 0.5) is 11.4 Å². The molecule has 4 aromatic carbocycles. The number of aromatic carboxylic acids is 1. The Balaban J connectivity index is 0.000000227. The molecule has 10 N–H and O–H groups in total. The normalized spacial score (nSPS) is 9.79. The average Bonchev–Trinajstić information content (AvgIpc) is 2.89. The molecular weight excluding hydrogens is 508 g/mol. The number of carboxylic acid groups (broad SMARTS) is 1. The van der Waals surface area contributed by atoms with Gasteiger partial charge in [-0.05, 0) is 62.4 Å². The van der Waals surface area contributed by atoms with Gasteiger partial charge in [-0.15, -0.1) is 0 Å². The summed E-state index contributed by atoms with van der Waals surface area (Å²) in [5.41, 5.74) is 8.57. The predicted molar refractivity (Wildman–Crippen MR) is 145 cm³/mol. The van der Waals surface area contributed by atoms with E-state index in [1.54, 1.807) is 12.1 Å². The summed E-state index contributed by atoms with van der Waals surface area (Å²) < 4.78 is 0. The number of aryl methyl sites for hydroxylation is 2. The van der Waals surface area contributed by atoms with E-state index in [-0.39, 0.29) is 5.56 Å². The van der Waals surface area contributed by atoms with Crippen LogP contribution in [0.25, 0.3) is 0 Å². The number of rotatable bonds is 3. The fourth-order valence-electron chi connectivity index (χ4n) is 2.90. The minimum Gasteiger partial charge on any atom is -0.504 e. The van der Waals surface area contributed by atoms with E-state index in [1.807, 2.05) is 50.2 Å². The third kappa shape index (κ3) is 8.22.